The average molecular weight is 632 g/mol. The molecule has 1 saturated heterocycles. The summed E-state index contributed by atoms with van der Waals surface area (Å²) in [7, 11) is -3.77. The van der Waals surface area contributed by atoms with Crippen molar-refractivity contribution in [3.8, 4) is 16.9 Å². The van der Waals surface area contributed by atoms with Crippen LogP contribution < -0.4 is 20.1 Å². The largest absolute Gasteiger partial charge is 0.490 e. The summed E-state index contributed by atoms with van der Waals surface area (Å²) in [6, 6.07) is 9.77. The second-order valence-corrected chi connectivity index (χ2v) is 15.2. The fourth-order valence-electron chi connectivity index (χ4n) is 6.65. The van der Waals surface area contributed by atoms with Gasteiger partial charge in [0.05, 0.1) is 11.2 Å². The number of carbonyl (C=O) groups excluding carboxylic acids is 2. The normalized spacial score (nSPS) is 24.6. The number of benzene rings is 2. The van der Waals surface area contributed by atoms with Gasteiger partial charge in [-0.25, -0.2) is 17.2 Å². The van der Waals surface area contributed by atoms with Crippen LogP contribution in [0.4, 0.5) is 8.78 Å². The number of carbonyl (C=O) groups is 2. The highest BCUT2D eigenvalue weighted by Crippen LogP contribution is 2.44. The molecule has 0 radical (unpaired) electrons. The summed E-state index contributed by atoms with van der Waals surface area (Å²) < 4.78 is 63.4. The van der Waals surface area contributed by atoms with E-state index in [1.807, 2.05) is 6.92 Å². The quantitative estimate of drug-likeness (QED) is 0.346. The van der Waals surface area contributed by atoms with Gasteiger partial charge < -0.3 is 15.4 Å². The Morgan fingerprint density at radius 1 is 1.11 bits per heavy atom. The first-order chi connectivity index (χ1) is 20.7. The first kappa shape index (κ1) is 32.3. The van der Waals surface area contributed by atoms with Crippen molar-refractivity contribution in [1.82, 2.24) is 15.4 Å². The van der Waals surface area contributed by atoms with Crippen molar-refractivity contribution in [3.63, 3.8) is 0 Å². The lowest BCUT2D eigenvalue weighted by Gasteiger charge is -2.38. The molecule has 240 valence electrons. The summed E-state index contributed by atoms with van der Waals surface area (Å²) in [6.45, 7) is 6.61. The highest BCUT2D eigenvalue weighted by Gasteiger charge is 2.55. The van der Waals surface area contributed by atoms with E-state index in [2.05, 4.69) is 15.4 Å². The van der Waals surface area contributed by atoms with Gasteiger partial charge in [-0.3, -0.25) is 14.3 Å². The van der Waals surface area contributed by atoms with Crippen molar-refractivity contribution in [2.24, 2.45) is 0 Å². The Kier molecular flexibility index (Phi) is 8.85. The van der Waals surface area contributed by atoms with Gasteiger partial charge in [-0.2, -0.15) is 0 Å². The third kappa shape index (κ3) is 6.36. The van der Waals surface area contributed by atoms with Crippen molar-refractivity contribution in [1.29, 1.82) is 0 Å². The molecule has 2 amide bonds. The monoisotopic (exact) mass is 631 g/mol. The van der Waals surface area contributed by atoms with Crippen LogP contribution in [0.5, 0.6) is 5.75 Å². The number of hydrogen-bond donors (Lipinski definition) is 3. The van der Waals surface area contributed by atoms with Crippen LogP contribution in [0.1, 0.15) is 83.8 Å². The van der Waals surface area contributed by atoms with Gasteiger partial charge in [0, 0.05) is 36.5 Å². The fourth-order valence-corrected chi connectivity index (χ4v) is 7.34. The number of amides is 2. The van der Waals surface area contributed by atoms with E-state index in [0.717, 1.165) is 19.3 Å². The van der Waals surface area contributed by atoms with Crippen LogP contribution in [0.15, 0.2) is 36.4 Å². The first-order valence-corrected chi connectivity index (χ1v) is 17.2. The predicted molar refractivity (Wildman–Crippen MR) is 165 cm³/mol. The molecule has 11 heteroatoms. The zero-order valence-electron chi connectivity index (χ0n) is 25.9. The molecule has 44 heavy (non-hydrogen) atoms. The summed E-state index contributed by atoms with van der Waals surface area (Å²) in [4.78, 5) is 26.1. The van der Waals surface area contributed by atoms with Gasteiger partial charge in [-0.15, -0.1) is 0 Å². The molecule has 1 aliphatic heterocycles. The molecule has 1 spiro atoms. The molecule has 2 aromatic carbocycles. The summed E-state index contributed by atoms with van der Waals surface area (Å²) in [6.07, 6.45) is 4.98. The summed E-state index contributed by atoms with van der Waals surface area (Å²) in [5.74, 6) is -1.35. The molecule has 2 saturated carbocycles. The molecule has 3 aliphatic rings. The summed E-state index contributed by atoms with van der Waals surface area (Å²) >= 11 is 0. The van der Waals surface area contributed by atoms with E-state index in [4.69, 9.17) is 4.74 Å². The molecular formula is C33H43F2N3O5S. The summed E-state index contributed by atoms with van der Waals surface area (Å²) in [5.41, 5.74) is -1.15. The minimum Gasteiger partial charge on any atom is -0.490 e. The number of alkyl halides is 1. The van der Waals surface area contributed by atoms with E-state index in [-0.39, 0.29) is 42.2 Å². The smallest absolute Gasteiger partial charge is 0.259 e. The Morgan fingerprint density at radius 3 is 2.50 bits per heavy atom. The van der Waals surface area contributed by atoms with Crippen LogP contribution in [0.25, 0.3) is 11.1 Å². The Morgan fingerprint density at radius 2 is 1.86 bits per heavy atom. The van der Waals surface area contributed by atoms with Gasteiger partial charge in [0.1, 0.15) is 17.7 Å². The Bertz CT molecular complexity index is 1540. The van der Waals surface area contributed by atoms with Crippen molar-refractivity contribution >= 4 is 21.8 Å². The topological polar surface area (TPSA) is 114 Å². The third-order valence-corrected chi connectivity index (χ3v) is 11.0. The van der Waals surface area contributed by atoms with Gasteiger partial charge in [-0.05, 0) is 94.2 Å². The highest BCUT2D eigenvalue weighted by molar-refractivity contribution is 7.90. The molecule has 3 atom stereocenters. The van der Waals surface area contributed by atoms with Gasteiger partial charge in [0.15, 0.2) is 0 Å². The summed E-state index contributed by atoms with van der Waals surface area (Å²) in [5, 5.41) is 6.16. The SMILES string of the molecule is CCc1c(F)cccc1-c1cc(C(C)(C)C(=O)NS(=O)(=O)CC)ccc1O[C@@H]1CC[C@@H](NC(=O)[C@@]2(F)CNC3(CCC3)C2)C1. The maximum absolute atomic E-state index is 15.6. The van der Waals surface area contributed by atoms with Crippen molar-refractivity contribution in [2.75, 3.05) is 12.3 Å². The predicted octanol–water partition coefficient (Wildman–Crippen LogP) is 4.84. The second-order valence-electron chi connectivity index (χ2n) is 13.1. The molecular weight excluding hydrogens is 588 g/mol. The van der Waals surface area contributed by atoms with Crippen LogP contribution in [-0.4, -0.2) is 55.9 Å². The maximum atomic E-state index is 15.6. The minimum atomic E-state index is -3.77. The van der Waals surface area contributed by atoms with E-state index >= 15 is 4.39 Å². The van der Waals surface area contributed by atoms with Gasteiger partial charge in [-0.1, -0.05) is 25.1 Å². The molecule has 3 N–H and O–H groups in total. The zero-order valence-corrected chi connectivity index (χ0v) is 26.7. The van der Waals surface area contributed by atoms with Crippen LogP contribution in [0, 0.1) is 5.82 Å². The van der Waals surface area contributed by atoms with E-state index in [9.17, 15) is 22.4 Å². The average Bonchev–Trinajstić information content (AvgIpc) is 3.57. The first-order valence-electron chi connectivity index (χ1n) is 15.6. The van der Waals surface area contributed by atoms with Crippen LogP contribution >= 0.6 is 0 Å². The number of hydrogen-bond acceptors (Lipinski definition) is 6. The molecule has 3 fully saturated rings. The van der Waals surface area contributed by atoms with Gasteiger partial charge >= 0.3 is 0 Å². The van der Waals surface area contributed by atoms with E-state index in [1.165, 1.54) is 13.0 Å². The fraction of sp³-hybridized carbons (Fsp3) is 0.576. The van der Waals surface area contributed by atoms with Crippen molar-refractivity contribution in [2.45, 2.75) is 108 Å². The molecule has 8 nitrogen and oxygen atoms in total. The van der Waals surface area contributed by atoms with E-state index in [0.29, 0.717) is 53.7 Å². The molecule has 2 aliphatic carbocycles. The number of sulfonamides is 1. The minimum absolute atomic E-state index is 0.0351. The highest BCUT2D eigenvalue weighted by atomic mass is 32.2. The van der Waals surface area contributed by atoms with E-state index < -0.39 is 32.9 Å². The Hall–Kier alpha value is -3.05. The lowest BCUT2D eigenvalue weighted by atomic mass is 9.74. The molecule has 1 heterocycles. The van der Waals surface area contributed by atoms with Crippen LogP contribution in [-0.2, 0) is 31.4 Å². The molecule has 5 rings (SSSR count). The number of rotatable bonds is 10. The molecule has 0 unspecified atom stereocenters. The van der Waals surface area contributed by atoms with E-state index in [1.54, 1.807) is 44.2 Å². The molecule has 0 bridgehead atoms. The zero-order chi connectivity index (χ0) is 31.9. The van der Waals surface area contributed by atoms with Crippen molar-refractivity contribution < 1.29 is 31.5 Å². The number of nitrogens with one attached hydrogen (secondary N) is 3. The van der Waals surface area contributed by atoms with Crippen LogP contribution in [0.3, 0.4) is 0 Å². The molecule has 0 aromatic heterocycles. The second kappa shape index (κ2) is 12.0. The maximum Gasteiger partial charge on any atom is 0.259 e. The Labute approximate surface area is 258 Å². The molecule has 2 aromatic rings. The number of ether oxygens (including phenoxy) is 1. The van der Waals surface area contributed by atoms with Crippen molar-refractivity contribution in [3.05, 3.63) is 53.3 Å². The third-order valence-electron chi connectivity index (χ3n) is 9.75. The lowest BCUT2D eigenvalue weighted by molar-refractivity contribution is -0.133. The van der Waals surface area contributed by atoms with Crippen LogP contribution in [0.2, 0.25) is 0 Å². The lowest BCUT2D eigenvalue weighted by Crippen LogP contribution is -2.49. The van der Waals surface area contributed by atoms with Gasteiger partial charge in [0.25, 0.3) is 5.91 Å². The van der Waals surface area contributed by atoms with Gasteiger partial charge in [0.2, 0.25) is 21.6 Å². The number of halogens is 2. The Balaban J connectivity index is 1.37. The standard InChI is InChI=1S/C33H43F2N3O5S/c1-5-24-25(9-7-10-27(24)34)26-17-21(31(3,4)29(39)38-44(41,42)6-2)11-14-28(26)43-23-13-12-22(18-23)37-30(40)33(35)19-32(36-20-33)15-8-16-32/h7,9-11,14,17,22-23,36H,5-6,8,12-13,15-16,18-20H2,1-4H3,(H,37,40)(H,38,39)/t22-,23-,33+/m1/s1.